The summed E-state index contributed by atoms with van der Waals surface area (Å²) in [4.78, 5) is 11.7. The molecular formula is C13H14BrClO2. The minimum absolute atomic E-state index is 0.139. The first-order valence-electron chi connectivity index (χ1n) is 5.62. The van der Waals surface area contributed by atoms with Gasteiger partial charge in [-0.1, -0.05) is 27.5 Å². The number of carbonyl (C=O) groups excluding carboxylic acids is 1. The molecule has 92 valence electrons. The van der Waals surface area contributed by atoms with Crippen LogP contribution in [-0.2, 0) is 11.2 Å². The Balaban J connectivity index is 2.08. The zero-order valence-electron chi connectivity index (χ0n) is 9.58. The van der Waals surface area contributed by atoms with Gasteiger partial charge in [0, 0.05) is 10.9 Å². The molecule has 0 spiro atoms. The van der Waals surface area contributed by atoms with Gasteiger partial charge in [0.15, 0.2) is 0 Å². The van der Waals surface area contributed by atoms with E-state index in [1.165, 1.54) is 0 Å². The molecule has 0 radical (unpaired) electrons. The lowest BCUT2D eigenvalue weighted by Gasteiger charge is -2.11. The Morgan fingerprint density at radius 2 is 2.29 bits per heavy atom. The molecule has 0 heterocycles. The molecule has 1 saturated carbocycles. The van der Waals surface area contributed by atoms with Crippen molar-refractivity contribution in [2.24, 2.45) is 5.92 Å². The lowest BCUT2D eigenvalue weighted by Crippen LogP contribution is -2.18. The number of rotatable bonds is 5. The normalized spacial score (nSPS) is 16.6. The van der Waals surface area contributed by atoms with Crippen molar-refractivity contribution < 1.29 is 9.53 Å². The maximum absolute atomic E-state index is 11.9. The Labute approximate surface area is 114 Å². The zero-order chi connectivity index (χ0) is 12.4. The highest BCUT2D eigenvalue weighted by molar-refractivity contribution is 9.10. The van der Waals surface area contributed by atoms with Crippen LogP contribution in [0.3, 0.4) is 0 Å². The van der Waals surface area contributed by atoms with Crippen molar-refractivity contribution in [1.29, 1.82) is 0 Å². The highest BCUT2D eigenvalue weighted by atomic mass is 79.9. The van der Waals surface area contributed by atoms with Gasteiger partial charge in [-0.3, -0.25) is 4.79 Å². The van der Waals surface area contributed by atoms with Crippen molar-refractivity contribution in [1.82, 2.24) is 0 Å². The number of methoxy groups -OCH3 is 1. The summed E-state index contributed by atoms with van der Waals surface area (Å²) in [5, 5.41) is 0.679. The maximum atomic E-state index is 11.9. The van der Waals surface area contributed by atoms with Gasteiger partial charge in [-0.2, -0.15) is 0 Å². The van der Waals surface area contributed by atoms with Crippen LogP contribution >= 0.6 is 27.5 Å². The van der Waals surface area contributed by atoms with Gasteiger partial charge in [-0.15, -0.1) is 0 Å². The van der Waals surface area contributed by atoms with Crippen LogP contribution < -0.4 is 4.74 Å². The quantitative estimate of drug-likeness (QED) is 0.775. The number of benzene rings is 1. The van der Waals surface area contributed by atoms with Crippen LogP contribution in [0.5, 0.6) is 5.75 Å². The summed E-state index contributed by atoms with van der Waals surface area (Å²) in [5.41, 5.74) is 0.946. The third-order valence-electron chi connectivity index (χ3n) is 2.94. The Bertz CT molecular complexity index is 429. The minimum atomic E-state index is -0.139. The van der Waals surface area contributed by atoms with E-state index in [1.54, 1.807) is 13.2 Å². The fraction of sp³-hybridized carbons (Fsp3) is 0.462. The van der Waals surface area contributed by atoms with Gasteiger partial charge in [-0.25, -0.2) is 0 Å². The first-order valence-corrected chi connectivity index (χ1v) is 6.91. The highest BCUT2D eigenvalue weighted by Crippen LogP contribution is 2.34. The molecule has 0 saturated heterocycles. The van der Waals surface area contributed by atoms with Gasteiger partial charge in [-0.05, 0) is 43.0 Å². The van der Waals surface area contributed by atoms with Crippen molar-refractivity contribution in [3.05, 3.63) is 28.8 Å². The van der Waals surface area contributed by atoms with E-state index in [2.05, 4.69) is 15.9 Å². The fourth-order valence-corrected chi connectivity index (χ4v) is 2.67. The summed E-state index contributed by atoms with van der Waals surface area (Å²) < 4.78 is 5.15. The standard InChI is InChI=1S/C13H14BrClO2/c1-17-10-4-5-12(15)9(6-10)7-11(14)13(16)8-2-3-8/h4-6,8,11H,2-3,7H2,1H3. The lowest BCUT2D eigenvalue weighted by molar-refractivity contribution is -0.119. The summed E-state index contributed by atoms with van der Waals surface area (Å²) in [6.07, 6.45) is 2.69. The summed E-state index contributed by atoms with van der Waals surface area (Å²) in [7, 11) is 1.62. The van der Waals surface area contributed by atoms with E-state index in [4.69, 9.17) is 16.3 Å². The lowest BCUT2D eigenvalue weighted by atomic mass is 10.0. The largest absolute Gasteiger partial charge is 0.497 e. The van der Waals surface area contributed by atoms with E-state index in [-0.39, 0.29) is 10.7 Å². The summed E-state index contributed by atoms with van der Waals surface area (Å²) in [5.74, 6) is 1.33. The van der Waals surface area contributed by atoms with Crippen LogP contribution in [0, 0.1) is 5.92 Å². The predicted octanol–water partition coefficient (Wildman–Crippen LogP) is 3.63. The van der Waals surface area contributed by atoms with E-state index in [9.17, 15) is 4.79 Å². The molecule has 1 atom stereocenters. The van der Waals surface area contributed by atoms with Crippen LogP contribution in [-0.4, -0.2) is 17.7 Å². The topological polar surface area (TPSA) is 26.3 Å². The molecule has 0 N–H and O–H groups in total. The molecule has 1 unspecified atom stereocenters. The van der Waals surface area contributed by atoms with Gasteiger partial charge >= 0.3 is 0 Å². The van der Waals surface area contributed by atoms with E-state index in [0.717, 1.165) is 24.2 Å². The number of hydrogen-bond donors (Lipinski definition) is 0. The zero-order valence-corrected chi connectivity index (χ0v) is 11.9. The summed E-state index contributed by atoms with van der Waals surface area (Å²) in [6, 6.07) is 5.51. The van der Waals surface area contributed by atoms with Gasteiger partial charge in [0.25, 0.3) is 0 Å². The number of carbonyl (C=O) groups is 1. The van der Waals surface area contributed by atoms with Gasteiger partial charge in [0.2, 0.25) is 0 Å². The molecule has 1 fully saturated rings. The summed E-state index contributed by atoms with van der Waals surface area (Å²) in [6.45, 7) is 0. The molecule has 0 amide bonds. The van der Waals surface area contributed by atoms with Gasteiger partial charge in [0.1, 0.15) is 11.5 Å². The molecule has 1 aromatic rings. The predicted molar refractivity (Wildman–Crippen MR) is 72.2 cm³/mol. The second-order valence-electron chi connectivity index (χ2n) is 4.31. The molecular weight excluding hydrogens is 303 g/mol. The Morgan fingerprint density at radius 3 is 2.88 bits per heavy atom. The van der Waals surface area contributed by atoms with Crippen molar-refractivity contribution in [2.45, 2.75) is 24.1 Å². The maximum Gasteiger partial charge on any atom is 0.149 e. The Kier molecular flexibility index (Phi) is 4.10. The third kappa shape index (κ3) is 3.23. The van der Waals surface area contributed by atoms with Crippen molar-refractivity contribution in [3.8, 4) is 5.75 Å². The molecule has 1 aromatic carbocycles. The molecule has 2 rings (SSSR count). The number of ether oxygens (including phenoxy) is 1. The van der Waals surface area contributed by atoms with E-state index in [0.29, 0.717) is 17.2 Å². The van der Waals surface area contributed by atoms with Crippen molar-refractivity contribution >= 4 is 33.3 Å². The number of Topliss-reactive ketones (excluding diaryl/α,β-unsaturated/α-hetero) is 1. The Morgan fingerprint density at radius 1 is 1.59 bits per heavy atom. The molecule has 1 aliphatic rings. The average molecular weight is 318 g/mol. The molecule has 2 nitrogen and oxygen atoms in total. The van der Waals surface area contributed by atoms with Crippen molar-refractivity contribution in [3.63, 3.8) is 0 Å². The number of hydrogen-bond acceptors (Lipinski definition) is 2. The van der Waals surface area contributed by atoms with E-state index >= 15 is 0 Å². The number of alkyl halides is 1. The molecule has 17 heavy (non-hydrogen) atoms. The van der Waals surface area contributed by atoms with Crippen LogP contribution in [0.4, 0.5) is 0 Å². The smallest absolute Gasteiger partial charge is 0.149 e. The highest BCUT2D eigenvalue weighted by Gasteiger charge is 2.33. The van der Waals surface area contributed by atoms with E-state index < -0.39 is 0 Å². The third-order valence-corrected chi connectivity index (χ3v) is 4.08. The molecule has 0 aromatic heterocycles. The SMILES string of the molecule is COc1ccc(Cl)c(CC(Br)C(=O)C2CC2)c1. The van der Waals surface area contributed by atoms with Gasteiger partial charge in [0.05, 0.1) is 11.9 Å². The van der Waals surface area contributed by atoms with Crippen LogP contribution in [0.1, 0.15) is 18.4 Å². The number of halogens is 2. The first-order chi connectivity index (χ1) is 8.11. The molecule has 0 bridgehead atoms. The molecule has 1 aliphatic carbocycles. The Hall–Kier alpha value is -0.540. The monoisotopic (exact) mass is 316 g/mol. The van der Waals surface area contributed by atoms with Crippen molar-refractivity contribution in [2.75, 3.05) is 7.11 Å². The van der Waals surface area contributed by atoms with Crippen LogP contribution in [0.2, 0.25) is 5.02 Å². The second-order valence-corrected chi connectivity index (χ2v) is 5.82. The van der Waals surface area contributed by atoms with E-state index in [1.807, 2.05) is 12.1 Å². The molecule has 0 aliphatic heterocycles. The summed E-state index contributed by atoms with van der Waals surface area (Å²) >= 11 is 9.56. The minimum Gasteiger partial charge on any atom is -0.497 e. The van der Waals surface area contributed by atoms with Gasteiger partial charge < -0.3 is 4.74 Å². The molecule has 4 heteroatoms. The average Bonchev–Trinajstić information content (AvgIpc) is 3.15. The second kappa shape index (κ2) is 5.40. The fourth-order valence-electron chi connectivity index (χ4n) is 1.75. The number of ketones is 1. The van der Waals surface area contributed by atoms with Crippen LogP contribution in [0.25, 0.3) is 0 Å². The van der Waals surface area contributed by atoms with Crippen LogP contribution in [0.15, 0.2) is 18.2 Å². The first kappa shape index (κ1) is 12.9.